The summed E-state index contributed by atoms with van der Waals surface area (Å²) in [5, 5.41) is 0. The van der Waals surface area contributed by atoms with Crippen molar-refractivity contribution in [1.82, 2.24) is 4.90 Å². The minimum Gasteiger partial charge on any atom is -0.489 e. The second-order valence-corrected chi connectivity index (χ2v) is 7.76. The molecule has 0 bridgehead atoms. The quantitative estimate of drug-likeness (QED) is 0.704. The first kappa shape index (κ1) is 19.8. The predicted octanol–water partition coefficient (Wildman–Crippen LogP) is 3.48. The summed E-state index contributed by atoms with van der Waals surface area (Å²) in [5.74, 6) is 1.20. The molecule has 0 N–H and O–H groups in total. The lowest BCUT2D eigenvalue weighted by Gasteiger charge is -2.39. The minimum absolute atomic E-state index is 0.0242. The smallest absolute Gasteiger partial charge is 0.230 e. The number of para-hydroxylation sites is 2. The number of amides is 1. The lowest BCUT2D eigenvalue weighted by molar-refractivity contribution is -0.133. The van der Waals surface area contributed by atoms with Gasteiger partial charge in [-0.05, 0) is 42.5 Å². The van der Waals surface area contributed by atoms with E-state index in [-0.39, 0.29) is 5.92 Å². The molecule has 0 saturated carbocycles. The molecule has 154 valence electrons. The fourth-order valence-electron chi connectivity index (χ4n) is 4.47. The van der Waals surface area contributed by atoms with Crippen LogP contribution in [0.1, 0.15) is 29.9 Å². The minimum atomic E-state index is 0.0242. The van der Waals surface area contributed by atoms with Gasteiger partial charge in [-0.15, -0.1) is 0 Å². The number of methoxy groups -OCH3 is 1. The monoisotopic (exact) mass is 394 g/mol. The number of benzene rings is 2. The molecule has 0 spiro atoms. The van der Waals surface area contributed by atoms with Crippen molar-refractivity contribution in [2.24, 2.45) is 0 Å². The van der Waals surface area contributed by atoms with Gasteiger partial charge in [-0.25, -0.2) is 0 Å². The van der Waals surface area contributed by atoms with E-state index in [0.717, 1.165) is 56.9 Å². The number of fused-ring (bicyclic) bond motifs is 1. The number of hydrogen-bond acceptors (Lipinski definition) is 4. The van der Waals surface area contributed by atoms with Crippen LogP contribution in [0.4, 0.5) is 5.69 Å². The summed E-state index contributed by atoms with van der Waals surface area (Å²) in [4.78, 5) is 17.6. The Kier molecular flexibility index (Phi) is 6.35. The molecule has 1 aliphatic heterocycles. The number of carbonyl (C=O) groups excluding carboxylic acids is 1. The van der Waals surface area contributed by atoms with E-state index < -0.39 is 0 Å². The highest BCUT2D eigenvalue weighted by Gasteiger charge is 2.31. The first-order chi connectivity index (χ1) is 14.3. The zero-order valence-corrected chi connectivity index (χ0v) is 17.2. The van der Waals surface area contributed by atoms with Crippen molar-refractivity contribution >= 4 is 11.6 Å². The standard InChI is InChI=1S/C24H30N2O3/c1-28-17-18-29-23-12-5-4-11-22(23)25-13-15-26(16-14-25)24(27)21-10-6-8-19-7-2-3-9-20(19)21/h2-5,7,9,11-12,21H,6,8,10,13-18H2,1H3/t21-/m1/s1. The number of hydrogen-bond donors (Lipinski definition) is 0. The summed E-state index contributed by atoms with van der Waals surface area (Å²) >= 11 is 0. The number of rotatable bonds is 6. The van der Waals surface area contributed by atoms with Crippen molar-refractivity contribution in [2.75, 3.05) is 51.4 Å². The molecule has 29 heavy (non-hydrogen) atoms. The van der Waals surface area contributed by atoms with Gasteiger partial charge in [0.15, 0.2) is 0 Å². The Hall–Kier alpha value is -2.53. The van der Waals surface area contributed by atoms with Crippen LogP contribution < -0.4 is 9.64 Å². The maximum atomic E-state index is 13.3. The normalized spacial score (nSPS) is 19.0. The van der Waals surface area contributed by atoms with E-state index in [4.69, 9.17) is 9.47 Å². The molecular weight excluding hydrogens is 364 g/mol. The van der Waals surface area contributed by atoms with Crippen LogP contribution in [0.3, 0.4) is 0 Å². The summed E-state index contributed by atoms with van der Waals surface area (Å²) in [7, 11) is 1.68. The number of carbonyl (C=O) groups is 1. The van der Waals surface area contributed by atoms with E-state index >= 15 is 0 Å². The van der Waals surface area contributed by atoms with E-state index in [1.807, 2.05) is 18.2 Å². The fourth-order valence-corrected chi connectivity index (χ4v) is 4.47. The van der Waals surface area contributed by atoms with Gasteiger partial charge in [0.1, 0.15) is 12.4 Å². The highest BCUT2D eigenvalue weighted by molar-refractivity contribution is 5.84. The predicted molar refractivity (Wildman–Crippen MR) is 115 cm³/mol. The van der Waals surface area contributed by atoms with E-state index in [1.54, 1.807) is 7.11 Å². The van der Waals surface area contributed by atoms with Crippen molar-refractivity contribution in [3.63, 3.8) is 0 Å². The second kappa shape index (κ2) is 9.31. The van der Waals surface area contributed by atoms with E-state index in [1.165, 1.54) is 11.1 Å². The van der Waals surface area contributed by atoms with Crippen LogP contribution in [0, 0.1) is 0 Å². The molecule has 0 aromatic heterocycles. The largest absolute Gasteiger partial charge is 0.489 e. The van der Waals surface area contributed by atoms with Crippen LogP contribution >= 0.6 is 0 Å². The van der Waals surface area contributed by atoms with Gasteiger partial charge in [-0.2, -0.15) is 0 Å². The zero-order chi connectivity index (χ0) is 20.1. The lowest BCUT2D eigenvalue weighted by atomic mass is 9.82. The Labute approximate surface area is 173 Å². The molecule has 0 radical (unpaired) electrons. The average molecular weight is 395 g/mol. The van der Waals surface area contributed by atoms with Crippen LogP contribution in [0.2, 0.25) is 0 Å². The molecule has 1 fully saturated rings. The zero-order valence-electron chi connectivity index (χ0n) is 17.2. The summed E-state index contributed by atoms with van der Waals surface area (Å²) in [6, 6.07) is 16.6. The van der Waals surface area contributed by atoms with E-state index in [0.29, 0.717) is 19.1 Å². The summed E-state index contributed by atoms with van der Waals surface area (Å²) in [5.41, 5.74) is 3.68. The Morgan fingerprint density at radius 2 is 1.76 bits per heavy atom. The topological polar surface area (TPSA) is 42.0 Å². The Balaban J connectivity index is 1.40. The summed E-state index contributed by atoms with van der Waals surface area (Å²) in [6.07, 6.45) is 3.15. The molecule has 2 aromatic carbocycles. The average Bonchev–Trinajstić information content (AvgIpc) is 2.79. The number of nitrogens with zero attached hydrogens (tertiary/aromatic N) is 2. The molecule has 2 aliphatic rings. The van der Waals surface area contributed by atoms with Crippen LogP contribution in [-0.4, -0.2) is 57.3 Å². The van der Waals surface area contributed by atoms with Gasteiger partial charge in [-0.1, -0.05) is 36.4 Å². The van der Waals surface area contributed by atoms with Gasteiger partial charge in [0.2, 0.25) is 5.91 Å². The third kappa shape index (κ3) is 4.40. The number of piperazine rings is 1. The third-order valence-electron chi connectivity index (χ3n) is 6.01. The first-order valence-corrected chi connectivity index (χ1v) is 10.6. The van der Waals surface area contributed by atoms with Crippen LogP contribution in [0.5, 0.6) is 5.75 Å². The SMILES string of the molecule is COCCOc1ccccc1N1CCN(C(=O)[C@@H]2CCCc3ccccc32)CC1. The van der Waals surface area contributed by atoms with Gasteiger partial charge in [0.25, 0.3) is 0 Å². The van der Waals surface area contributed by atoms with Crippen LogP contribution in [-0.2, 0) is 16.0 Å². The molecule has 4 rings (SSSR count). The van der Waals surface area contributed by atoms with Gasteiger partial charge in [0, 0.05) is 33.3 Å². The van der Waals surface area contributed by atoms with E-state index in [2.05, 4.69) is 40.1 Å². The molecule has 5 heteroatoms. The second-order valence-electron chi connectivity index (χ2n) is 7.76. The molecule has 5 nitrogen and oxygen atoms in total. The maximum absolute atomic E-state index is 13.3. The lowest BCUT2D eigenvalue weighted by Crippen LogP contribution is -2.50. The van der Waals surface area contributed by atoms with Gasteiger partial charge >= 0.3 is 0 Å². The summed E-state index contributed by atoms with van der Waals surface area (Å²) in [6.45, 7) is 4.26. The number of ether oxygens (including phenoxy) is 2. The van der Waals surface area contributed by atoms with Gasteiger partial charge in [0.05, 0.1) is 18.2 Å². The van der Waals surface area contributed by atoms with Gasteiger partial charge in [-0.3, -0.25) is 4.79 Å². The first-order valence-electron chi connectivity index (χ1n) is 10.6. The Morgan fingerprint density at radius 3 is 2.59 bits per heavy atom. The van der Waals surface area contributed by atoms with Crippen molar-refractivity contribution in [3.8, 4) is 5.75 Å². The number of aryl methyl sites for hydroxylation is 1. The Morgan fingerprint density at radius 1 is 1.00 bits per heavy atom. The van der Waals surface area contributed by atoms with Crippen molar-refractivity contribution < 1.29 is 14.3 Å². The molecule has 1 amide bonds. The molecule has 1 atom stereocenters. The molecule has 1 saturated heterocycles. The van der Waals surface area contributed by atoms with Crippen LogP contribution in [0.15, 0.2) is 48.5 Å². The number of anilines is 1. The molecule has 1 aliphatic carbocycles. The maximum Gasteiger partial charge on any atom is 0.230 e. The van der Waals surface area contributed by atoms with Crippen molar-refractivity contribution in [3.05, 3.63) is 59.7 Å². The van der Waals surface area contributed by atoms with E-state index in [9.17, 15) is 4.79 Å². The summed E-state index contributed by atoms with van der Waals surface area (Å²) < 4.78 is 11.0. The molecular formula is C24H30N2O3. The molecule has 2 aromatic rings. The van der Waals surface area contributed by atoms with Crippen molar-refractivity contribution in [1.29, 1.82) is 0 Å². The fraction of sp³-hybridized carbons (Fsp3) is 0.458. The highest BCUT2D eigenvalue weighted by atomic mass is 16.5. The third-order valence-corrected chi connectivity index (χ3v) is 6.01. The van der Waals surface area contributed by atoms with Crippen LogP contribution in [0.25, 0.3) is 0 Å². The van der Waals surface area contributed by atoms with Gasteiger partial charge < -0.3 is 19.3 Å². The highest BCUT2D eigenvalue weighted by Crippen LogP contribution is 2.34. The molecule has 1 heterocycles. The Bertz CT molecular complexity index is 830. The molecule has 0 unspecified atom stereocenters. The van der Waals surface area contributed by atoms with Crippen molar-refractivity contribution in [2.45, 2.75) is 25.2 Å².